The zero-order valence-corrected chi connectivity index (χ0v) is 24.1. The molecule has 6 heteroatoms. The van der Waals surface area contributed by atoms with Crippen LogP contribution >= 0.6 is 0 Å². The molecule has 3 aromatic carbocycles. The van der Waals surface area contributed by atoms with Gasteiger partial charge in [-0.3, -0.25) is 9.98 Å². The Balaban J connectivity index is 0.901. The predicted octanol–water partition coefficient (Wildman–Crippen LogP) is 7.57. The van der Waals surface area contributed by atoms with Crippen LogP contribution in [0.1, 0.15) is 67.2 Å². The lowest BCUT2D eigenvalue weighted by Crippen LogP contribution is -2.41. The summed E-state index contributed by atoms with van der Waals surface area (Å²) in [5.41, 5.74) is 10.3. The molecule has 2 saturated heterocycles. The van der Waals surface area contributed by atoms with Gasteiger partial charge in [0.1, 0.15) is 0 Å². The first-order chi connectivity index (χ1) is 20.9. The summed E-state index contributed by atoms with van der Waals surface area (Å²) in [6.45, 7) is 1.08. The Hall–Kier alpha value is -3.48. The summed E-state index contributed by atoms with van der Waals surface area (Å²) in [7, 11) is 0. The van der Waals surface area contributed by atoms with Crippen molar-refractivity contribution in [1.82, 2.24) is 10.6 Å². The summed E-state index contributed by atoms with van der Waals surface area (Å²) < 4.78 is 32.3. The first-order valence-electron chi connectivity index (χ1n) is 16.1. The highest BCUT2D eigenvalue weighted by atomic mass is 19.3. The number of nitrogens with one attached hydrogen (secondary N) is 2. The standard InChI is InChI=1S/C37H34F2N4/c38-37(39)29-13-21(20-4-8-31-24(11-20)15-33(43-31)35-23-1-5-26(12-23)42-35)2-6-27(29)28-7-3-22(14-30(28)37)25-16-32(40-18-25)34-17-36(9-10-36)19-41-34/h2-4,6-8,11,13-14,18,23,26,34-35,41-42H,1,5,9-10,12,15-17,19H2/t23-,26+,34-,35-/m0/s1. The second kappa shape index (κ2) is 8.58. The van der Waals surface area contributed by atoms with E-state index in [9.17, 15) is 0 Å². The SMILES string of the molecule is FC1(F)c2cc(C3=CN=C([C@@H]4CC5(CC5)CN4)C3)ccc2-c2ccc(-c3ccc4c(c3)CC([C@H]3N[C@@H]5CC[C@H]3C5)=N4)cc21. The van der Waals surface area contributed by atoms with Crippen LogP contribution in [-0.4, -0.2) is 36.1 Å². The molecule has 4 atom stereocenters. The summed E-state index contributed by atoms with van der Waals surface area (Å²) >= 11 is 0. The van der Waals surface area contributed by atoms with Crippen molar-refractivity contribution in [1.29, 1.82) is 0 Å². The first kappa shape index (κ1) is 24.9. The molecule has 0 radical (unpaired) electrons. The smallest absolute Gasteiger partial charge is 0.299 e. The molecule has 4 fully saturated rings. The third kappa shape index (κ3) is 3.72. The maximum absolute atomic E-state index is 16.1. The minimum absolute atomic E-state index is 0.1000. The molecule has 4 aliphatic heterocycles. The summed E-state index contributed by atoms with van der Waals surface area (Å²) in [4.78, 5) is 9.73. The number of alkyl halides is 2. The second-order valence-electron chi connectivity index (χ2n) is 14.2. The van der Waals surface area contributed by atoms with Crippen molar-refractivity contribution in [3.8, 4) is 22.3 Å². The third-order valence-electron chi connectivity index (χ3n) is 11.6. The number of aliphatic imine (C=N–C) groups is 2. The molecule has 7 aliphatic rings. The zero-order valence-electron chi connectivity index (χ0n) is 24.1. The minimum atomic E-state index is -3.05. The monoisotopic (exact) mass is 572 g/mol. The number of allylic oxidation sites excluding steroid dienone is 1. The number of hydrogen-bond acceptors (Lipinski definition) is 4. The average molecular weight is 573 g/mol. The van der Waals surface area contributed by atoms with Crippen molar-refractivity contribution in [3.05, 3.63) is 83.1 Å². The lowest BCUT2D eigenvalue weighted by Gasteiger charge is -2.23. The van der Waals surface area contributed by atoms with Crippen molar-refractivity contribution in [2.24, 2.45) is 21.3 Å². The number of benzene rings is 3. The lowest BCUT2D eigenvalue weighted by atomic mass is 9.92. The Kier molecular flexibility index (Phi) is 4.97. The van der Waals surface area contributed by atoms with E-state index in [1.807, 2.05) is 36.5 Å². The molecule has 4 nitrogen and oxygen atoms in total. The van der Waals surface area contributed by atoms with Gasteiger partial charge in [-0.1, -0.05) is 30.3 Å². The van der Waals surface area contributed by atoms with E-state index in [-0.39, 0.29) is 11.1 Å². The molecule has 0 amide bonds. The van der Waals surface area contributed by atoms with E-state index in [1.54, 1.807) is 12.1 Å². The van der Waals surface area contributed by atoms with Gasteiger partial charge in [-0.15, -0.1) is 0 Å². The third-order valence-corrected chi connectivity index (χ3v) is 11.6. The van der Waals surface area contributed by atoms with Gasteiger partial charge in [0.15, 0.2) is 0 Å². The molecule has 2 saturated carbocycles. The van der Waals surface area contributed by atoms with Gasteiger partial charge in [0.2, 0.25) is 0 Å². The fourth-order valence-corrected chi connectivity index (χ4v) is 8.96. The number of piperidine rings is 1. The normalized spacial score (nSPS) is 29.9. The molecule has 216 valence electrons. The van der Waals surface area contributed by atoms with Crippen molar-refractivity contribution in [3.63, 3.8) is 0 Å². The van der Waals surface area contributed by atoms with Gasteiger partial charge >= 0.3 is 0 Å². The minimum Gasteiger partial charge on any atom is -0.308 e. The van der Waals surface area contributed by atoms with Gasteiger partial charge < -0.3 is 10.6 Å². The average Bonchev–Trinajstić information content (AvgIpc) is 3.68. The van der Waals surface area contributed by atoms with Crippen LogP contribution in [0.25, 0.3) is 27.8 Å². The Labute approximate surface area is 250 Å². The zero-order chi connectivity index (χ0) is 28.5. The van der Waals surface area contributed by atoms with Crippen molar-refractivity contribution >= 4 is 22.7 Å². The first-order valence-corrected chi connectivity index (χ1v) is 16.1. The van der Waals surface area contributed by atoms with E-state index in [0.717, 1.165) is 59.5 Å². The van der Waals surface area contributed by atoms with Gasteiger partial charge in [-0.05, 0) is 113 Å². The van der Waals surface area contributed by atoms with Crippen LogP contribution in [0.15, 0.2) is 70.8 Å². The topological polar surface area (TPSA) is 48.8 Å². The molecular formula is C37H34F2N4. The van der Waals surface area contributed by atoms with Crippen molar-refractivity contribution in [2.45, 2.75) is 75.4 Å². The Bertz CT molecular complexity index is 1830. The number of halogens is 2. The maximum Gasteiger partial charge on any atom is 0.299 e. The fraction of sp³-hybridized carbons (Fsp3) is 0.405. The van der Waals surface area contributed by atoms with E-state index in [1.165, 1.54) is 43.4 Å². The van der Waals surface area contributed by atoms with Crippen LogP contribution in [0.3, 0.4) is 0 Å². The maximum atomic E-state index is 16.1. The van der Waals surface area contributed by atoms with Crippen LogP contribution in [-0.2, 0) is 12.3 Å². The molecule has 0 unspecified atom stereocenters. The van der Waals surface area contributed by atoms with Crippen LogP contribution < -0.4 is 10.6 Å². The predicted molar refractivity (Wildman–Crippen MR) is 167 cm³/mol. The van der Waals surface area contributed by atoms with Gasteiger partial charge in [0.05, 0.1) is 5.69 Å². The van der Waals surface area contributed by atoms with Gasteiger partial charge in [0.25, 0.3) is 5.92 Å². The van der Waals surface area contributed by atoms with Gasteiger partial charge in [-0.25, -0.2) is 0 Å². The number of rotatable bonds is 4. The second-order valence-corrected chi connectivity index (χ2v) is 14.2. The van der Waals surface area contributed by atoms with E-state index < -0.39 is 5.92 Å². The van der Waals surface area contributed by atoms with Gasteiger partial charge in [0, 0.05) is 66.3 Å². The highest BCUT2D eigenvalue weighted by molar-refractivity contribution is 6.02. The van der Waals surface area contributed by atoms with E-state index in [4.69, 9.17) is 9.98 Å². The van der Waals surface area contributed by atoms with Crippen LogP contribution in [0, 0.1) is 11.3 Å². The van der Waals surface area contributed by atoms with Crippen LogP contribution in [0.5, 0.6) is 0 Å². The largest absolute Gasteiger partial charge is 0.308 e. The van der Waals surface area contributed by atoms with Crippen LogP contribution in [0.4, 0.5) is 14.5 Å². The molecule has 2 N–H and O–H groups in total. The van der Waals surface area contributed by atoms with E-state index in [2.05, 4.69) is 22.8 Å². The molecular weight excluding hydrogens is 538 g/mol. The molecule has 2 bridgehead atoms. The van der Waals surface area contributed by atoms with Crippen molar-refractivity contribution < 1.29 is 8.78 Å². The summed E-state index contributed by atoms with van der Waals surface area (Å²) in [5, 5.41) is 7.42. The van der Waals surface area contributed by atoms with E-state index >= 15 is 8.78 Å². The fourth-order valence-electron chi connectivity index (χ4n) is 8.96. The molecule has 0 aromatic heterocycles. The molecule has 3 aromatic rings. The number of hydrogen-bond donors (Lipinski definition) is 2. The Morgan fingerprint density at radius 2 is 1.58 bits per heavy atom. The highest BCUT2D eigenvalue weighted by Crippen LogP contribution is 2.54. The van der Waals surface area contributed by atoms with E-state index in [0.29, 0.717) is 40.6 Å². The summed E-state index contributed by atoms with van der Waals surface area (Å²) in [6, 6.07) is 18.8. The number of fused-ring (bicyclic) bond motifs is 6. The summed E-state index contributed by atoms with van der Waals surface area (Å²) in [6.07, 6.45) is 11.1. The molecule has 3 aliphatic carbocycles. The Morgan fingerprint density at radius 3 is 2.33 bits per heavy atom. The molecule has 43 heavy (non-hydrogen) atoms. The summed E-state index contributed by atoms with van der Waals surface area (Å²) in [5.74, 6) is -2.34. The highest BCUT2D eigenvalue weighted by Gasteiger charge is 2.50. The number of nitrogens with zero attached hydrogens (tertiary/aromatic N) is 2. The molecule has 4 heterocycles. The van der Waals surface area contributed by atoms with Crippen LogP contribution in [0.2, 0.25) is 0 Å². The Morgan fingerprint density at radius 1 is 0.814 bits per heavy atom. The van der Waals surface area contributed by atoms with Crippen molar-refractivity contribution in [2.75, 3.05) is 6.54 Å². The lowest BCUT2D eigenvalue weighted by molar-refractivity contribution is 0.0480. The quantitative estimate of drug-likeness (QED) is 0.339. The van der Waals surface area contributed by atoms with Gasteiger partial charge in [-0.2, -0.15) is 8.78 Å². The molecule has 1 spiro atoms. The molecule has 10 rings (SSSR count).